The van der Waals surface area contributed by atoms with Crippen molar-refractivity contribution in [2.24, 2.45) is 17.8 Å². The van der Waals surface area contributed by atoms with E-state index in [0.29, 0.717) is 37.3 Å². The predicted molar refractivity (Wildman–Crippen MR) is 97.9 cm³/mol. The van der Waals surface area contributed by atoms with Crippen LogP contribution in [0.5, 0.6) is 0 Å². The van der Waals surface area contributed by atoms with Crippen LogP contribution in [0, 0.1) is 17.8 Å². The minimum atomic E-state index is 0.166. The summed E-state index contributed by atoms with van der Waals surface area (Å²) in [6.07, 6.45) is 14.5. The number of rotatable bonds is 5. The first-order valence-corrected chi connectivity index (χ1v) is 10.8. The Balaban J connectivity index is 1.19. The fourth-order valence-electron chi connectivity index (χ4n) is 6.18. The molecular formula is C21H34N2O2. The summed E-state index contributed by atoms with van der Waals surface area (Å²) in [6, 6.07) is 0.921. The van der Waals surface area contributed by atoms with Gasteiger partial charge >= 0.3 is 0 Å². The fourth-order valence-corrected chi connectivity index (χ4v) is 6.18. The molecule has 0 radical (unpaired) electrons. The number of carbonyl (C=O) groups excluding carboxylic acids is 2. The molecule has 140 valence electrons. The number of nitrogens with one attached hydrogen (secondary N) is 1. The molecule has 3 saturated carbocycles. The molecule has 3 aliphatic carbocycles. The molecule has 1 aliphatic heterocycles. The Hall–Kier alpha value is -1.06. The standard InChI is InChI=1S/C21H34N2O2/c24-20(22-18-14-15-10-11-17(18)13-15)8-3-9-21(25)23-12-4-6-16-5-1-2-7-19(16)23/h15-19H,1-14H2,(H,22,24). The van der Waals surface area contributed by atoms with E-state index in [0.717, 1.165) is 30.7 Å². The van der Waals surface area contributed by atoms with E-state index in [1.807, 2.05) is 0 Å². The van der Waals surface area contributed by atoms with Gasteiger partial charge in [0.25, 0.3) is 0 Å². The van der Waals surface area contributed by atoms with E-state index in [2.05, 4.69) is 10.2 Å². The SMILES string of the molecule is O=C(CCCC(=O)N1CCCC2CCCCC21)NC1CC2CCC1C2. The molecule has 2 bridgehead atoms. The van der Waals surface area contributed by atoms with Gasteiger partial charge in [-0.1, -0.05) is 19.3 Å². The van der Waals surface area contributed by atoms with E-state index in [9.17, 15) is 9.59 Å². The molecule has 0 spiro atoms. The van der Waals surface area contributed by atoms with Gasteiger partial charge in [0.2, 0.25) is 11.8 Å². The molecule has 1 saturated heterocycles. The summed E-state index contributed by atoms with van der Waals surface area (Å²) in [6.45, 7) is 0.942. The lowest BCUT2D eigenvalue weighted by Crippen LogP contribution is -2.49. The lowest BCUT2D eigenvalue weighted by molar-refractivity contribution is -0.137. The number of amides is 2. The van der Waals surface area contributed by atoms with Crippen LogP contribution >= 0.6 is 0 Å². The van der Waals surface area contributed by atoms with Gasteiger partial charge in [0.1, 0.15) is 0 Å². The molecule has 4 fully saturated rings. The lowest BCUT2D eigenvalue weighted by atomic mass is 9.78. The molecule has 0 aromatic carbocycles. The number of hydrogen-bond acceptors (Lipinski definition) is 2. The Morgan fingerprint density at radius 2 is 1.72 bits per heavy atom. The molecule has 4 heteroatoms. The van der Waals surface area contributed by atoms with Crippen molar-refractivity contribution < 1.29 is 9.59 Å². The predicted octanol–water partition coefficient (Wildman–Crippen LogP) is 3.64. The number of nitrogens with zero attached hydrogens (tertiary/aromatic N) is 1. The van der Waals surface area contributed by atoms with Crippen LogP contribution in [-0.2, 0) is 9.59 Å². The number of piperidine rings is 1. The molecule has 4 rings (SSSR count). The average Bonchev–Trinajstić information content (AvgIpc) is 3.24. The summed E-state index contributed by atoms with van der Waals surface area (Å²) in [7, 11) is 0. The number of carbonyl (C=O) groups is 2. The Bertz CT molecular complexity index is 504. The van der Waals surface area contributed by atoms with Crippen molar-refractivity contribution in [3.63, 3.8) is 0 Å². The highest BCUT2D eigenvalue weighted by Gasteiger charge is 2.40. The van der Waals surface area contributed by atoms with Crippen LogP contribution in [-0.4, -0.2) is 35.3 Å². The van der Waals surface area contributed by atoms with Gasteiger partial charge in [0.15, 0.2) is 0 Å². The number of hydrogen-bond donors (Lipinski definition) is 1. The van der Waals surface area contributed by atoms with E-state index in [1.54, 1.807) is 0 Å². The first kappa shape index (κ1) is 17.4. The van der Waals surface area contributed by atoms with Gasteiger partial charge < -0.3 is 10.2 Å². The van der Waals surface area contributed by atoms with Gasteiger partial charge in [0, 0.05) is 31.5 Å². The largest absolute Gasteiger partial charge is 0.353 e. The summed E-state index contributed by atoms with van der Waals surface area (Å²) in [5.41, 5.74) is 0. The average molecular weight is 347 g/mol. The van der Waals surface area contributed by atoms with Crippen LogP contribution < -0.4 is 5.32 Å². The third kappa shape index (κ3) is 3.88. The molecule has 4 aliphatic rings. The van der Waals surface area contributed by atoms with E-state index >= 15 is 0 Å². The van der Waals surface area contributed by atoms with Crippen LogP contribution in [0.4, 0.5) is 0 Å². The van der Waals surface area contributed by atoms with Crippen molar-refractivity contribution in [3.8, 4) is 0 Å². The molecule has 0 aromatic rings. The third-order valence-corrected chi connectivity index (χ3v) is 7.44. The molecule has 2 amide bonds. The van der Waals surface area contributed by atoms with E-state index in [4.69, 9.17) is 0 Å². The maximum Gasteiger partial charge on any atom is 0.222 e. The Kier molecular flexibility index (Phi) is 5.33. The van der Waals surface area contributed by atoms with E-state index in [1.165, 1.54) is 57.8 Å². The second kappa shape index (κ2) is 7.67. The van der Waals surface area contributed by atoms with Crippen LogP contribution in [0.3, 0.4) is 0 Å². The Morgan fingerprint density at radius 3 is 2.52 bits per heavy atom. The number of fused-ring (bicyclic) bond motifs is 3. The molecular weight excluding hydrogens is 312 g/mol. The zero-order valence-corrected chi connectivity index (χ0v) is 15.5. The molecule has 5 atom stereocenters. The van der Waals surface area contributed by atoms with Crippen LogP contribution in [0.15, 0.2) is 0 Å². The lowest BCUT2D eigenvalue weighted by Gasteiger charge is -2.44. The topological polar surface area (TPSA) is 49.4 Å². The van der Waals surface area contributed by atoms with E-state index in [-0.39, 0.29) is 5.91 Å². The fraction of sp³-hybridized carbons (Fsp3) is 0.905. The summed E-state index contributed by atoms with van der Waals surface area (Å²) in [4.78, 5) is 27.1. The van der Waals surface area contributed by atoms with Crippen LogP contribution in [0.2, 0.25) is 0 Å². The molecule has 25 heavy (non-hydrogen) atoms. The molecule has 0 aromatic heterocycles. The zero-order chi connectivity index (χ0) is 17.2. The van der Waals surface area contributed by atoms with Crippen molar-refractivity contribution >= 4 is 11.8 Å². The van der Waals surface area contributed by atoms with Gasteiger partial charge in [-0.05, 0) is 69.1 Å². The Morgan fingerprint density at radius 1 is 0.880 bits per heavy atom. The Labute approximate surface area is 152 Å². The van der Waals surface area contributed by atoms with Crippen molar-refractivity contribution in [1.82, 2.24) is 10.2 Å². The van der Waals surface area contributed by atoms with Gasteiger partial charge in [-0.2, -0.15) is 0 Å². The summed E-state index contributed by atoms with van der Waals surface area (Å²) >= 11 is 0. The molecule has 4 nitrogen and oxygen atoms in total. The van der Waals surface area contributed by atoms with Crippen molar-refractivity contribution in [3.05, 3.63) is 0 Å². The minimum absolute atomic E-state index is 0.166. The van der Waals surface area contributed by atoms with E-state index < -0.39 is 0 Å². The maximum absolute atomic E-state index is 12.7. The van der Waals surface area contributed by atoms with Crippen LogP contribution in [0.25, 0.3) is 0 Å². The zero-order valence-electron chi connectivity index (χ0n) is 15.5. The molecule has 1 heterocycles. The highest BCUT2D eigenvalue weighted by Crippen LogP contribution is 2.44. The summed E-state index contributed by atoms with van der Waals surface area (Å²) in [5, 5.41) is 3.24. The second-order valence-electron chi connectivity index (χ2n) is 9.04. The highest BCUT2D eigenvalue weighted by molar-refractivity contribution is 5.79. The van der Waals surface area contributed by atoms with Gasteiger partial charge in [0.05, 0.1) is 0 Å². The van der Waals surface area contributed by atoms with Crippen molar-refractivity contribution in [2.45, 2.75) is 95.6 Å². The third-order valence-electron chi connectivity index (χ3n) is 7.44. The molecule has 5 unspecified atom stereocenters. The highest BCUT2D eigenvalue weighted by atomic mass is 16.2. The van der Waals surface area contributed by atoms with Crippen LogP contribution in [0.1, 0.15) is 83.5 Å². The monoisotopic (exact) mass is 346 g/mol. The maximum atomic E-state index is 12.7. The summed E-state index contributed by atoms with van der Waals surface area (Å²) in [5.74, 6) is 2.79. The second-order valence-corrected chi connectivity index (χ2v) is 9.04. The van der Waals surface area contributed by atoms with Gasteiger partial charge in [-0.25, -0.2) is 0 Å². The van der Waals surface area contributed by atoms with Crippen molar-refractivity contribution in [2.75, 3.05) is 6.54 Å². The quantitative estimate of drug-likeness (QED) is 0.826. The first-order valence-electron chi connectivity index (χ1n) is 10.8. The smallest absolute Gasteiger partial charge is 0.222 e. The number of likely N-dealkylation sites (tertiary alicyclic amines) is 1. The van der Waals surface area contributed by atoms with Gasteiger partial charge in [-0.15, -0.1) is 0 Å². The minimum Gasteiger partial charge on any atom is -0.353 e. The molecule has 1 N–H and O–H groups in total. The normalized spacial score (nSPS) is 37.0. The first-order chi connectivity index (χ1) is 12.2. The van der Waals surface area contributed by atoms with Gasteiger partial charge in [-0.3, -0.25) is 9.59 Å². The summed E-state index contributed by atoms with van der Waals surface area (Å²) < 4.78 is 0. The van der Waals surface area contributed by atoms with Crippen molar-refractivity contribution in [1.29, 1.82) is 0 Å².